The topological polar surface area (TPSA) is 52.8 Å². The number of aliphatic hydroxyl groups excluding tert-OH is 1. The molecular weight excluding hydrogens is 354 g/mol. The number of nitrogens with zero attached hydrogens (tertiary/aromatic N) is 1. The third-order valence-electron chi connectivity index (χ3n) is 5.56. The monoisotopic (exact) mass is 391 g/mol. The van der Waals surface area contributed by atoms with E-state index in [1.54, 1.807) is 6.92 Å². The molecule has 152 valence electrons. The molecule has 3 nitrogen and oxygen atoms in total. The molecule has 0 amide bonds. The zero-order chi connectivity index (χ0) is 20.2. The highest BCUT2D eigenvalue weighted by Crippen LogP contribution is 2.47. The fourth-order valence-corrected chi connectivity index (χ4v) is 5.08. The first-order valence-corrected chi connectivity index (χ1v) is 11.2. The van der Waals surface area contributed by atoms with Crippen molar-refractivity contribution in [2.24, 2.45) is 10.9 Å². The van der Waals surface area contributed by atoms with Gasteiger partial charge in [0.05, 0.1) is 18.2 Å². The molecule has 1 aliphatic heterocycles. The molecule has 4 heteroatoms. The number of fused-ring (bicyclic) bond motifs is 1. The first-order chi connectivity index (χ1) is 12.6. The van der Waals surface area contributed by atoms with Gasteiger partial charge in [-0.15, -0.1) is 11.8 Å². The fraction of sp³-hybridized carbons (Fsp3) is 0.696. The Morgan fingerprint density at radius 2 is 1.89 bits per heavy atom. The summed E-state index contributed by atoms with van der Waals surface area (Å²) in [4.78, 5) is 5.76. The van der Waals surface area contributed by atoms with Gasteiger partial charge in [0.1, 0.15) is 5.75 Å². The maximum absolute atomic E-state index is 10.8. The van der Waals surface area contributed by atoms with Crippen molar-refractivity contribution in [3.05, 3.63) is 23.3 Å². The van der Waals surface area contributed by atoms with Crippen molar-refractivity contribution in [3.63, 3.8) is 0 Å². The van der Waals surface area contributed by atoms with Crippen LogP contribution in [-0.2, 0) is 0 Å². The Morgan fingerprint density at radius 1 is 1.19 bits per heavy atom. The third kappa shape index (κ3) is 5.99. The van der Waals surface area contributed by atoms with E-state index in [1.807, 2.05) is 17.8 Å². The zero-order valence-corrected chi connectivity index (χ0v) is 18.7. The summed E-state index contributed by atoms with van der Waals surface area (Å²) >= 11 is 1.83. The SMILES string of the molecule is CCCCCC(C)C(C)c1cc(O)c2c(c1)SC(C)(C)CC2=NCC(C)O. The van der Waals surface area contributed by atoms with Crippen molar-refractivity contribution in [1.29, 1.82) is 0 Å². The summed E-state index contributed by atoms with van der Waals surface area (Å²) in [5.74, 6) is 1.35. The van der Waals surface area contributed by atoms with Crippen LogP contribution in [0.3, 0.4) is 0 Å². The summed E-state index contributed by atoms with van der Waals surface area (Å²) < 4.78 is 0.0333. The number of phenols is 1. The maximum atomic E-state index is 10.8. The van der Waals surface area contributed by atoms with Crippen molar-refractivity contribution >= 4 is 17.5 Å². The standard InChI is InChI=1S/C23H37NO2S/c1-7-8-9-10-15(2)17(4)18-11-20(26)22-19(24-14-16(3)25)13-23(5,6)27-21(22)12-18/h11-12,15-17,25-26H,7-10,13-14H2,1-6H3. The molecule has 0 spiro atoms. The van der Waals surface area contributed by atoms with E-state index in [1.165, 1.54) is 31.2 Å². The van der Waals surface area contributed by atoms with Crippen molar-refractivity contribution in [3.8, 4) is 5.75 Å². The minimum Gasteiger partial charge on any atom is -0.507 e. The number of aliphatic hydroxyl groups is 1. The zero-order valence-electron chi connectivity index (χ0n) is 17.9. The molecule has 1 aromatic carbocycles. The number of thioether (sulfide) groups is 1. The smallest absolute Gasteiger partial charge is 0.126 e. The molecule has 0 radical (unpaired) electrons. The molecule has 0 aliphatic carbocycles. The van der Waals surface area contributed by atoms with Gasteiger partial charge in [0, 0.05) is 21.8 Å². The van der Waals surface area contributed by atoms with Gasteiger partial charge in [0.15, 0.2) is 0 Å². The van der Waals surface area contributed by atoms with Gasteiger partial charge >= 0.3 is 0 Å². The first-order valence-electron chi connectivity index (χ1n) is 10.4. The quantitative estimate of drug-likeness (QED) is 0.522. The van der Waals surface area contributed by atoms with Crippen LogP contribution in [0.15, 0.2) is 22.0 Å². The van der Waals surface area contributed by atoms with Crippen LogP contribution in [0.25, 0.3) is 0 Å². The van der Waals surface area contributed by atoms with Gasteiger partial charge in [-0.1, -0.05) is 46.5 Å². The minimum absolute atomic E-state index is 0.0333. The minimum atomic E-state index is -0.468. The van der Waals surface area contributed by atoms with Crippen molar-refractivity contribution in [2.75, 3.05) is 6.54 Å². The summed E-state index contributed by atoms with van der Waals surface area (Å²) in [6.45, 7) is 13.4. The summed E-state index contributed by atoms with van der Waals surface area (Å²) in [6, 6.07) is 4.20. The van der Waals surface area contributed by atoms with Crippen LogP contribution in [0.2, 0.25) is 0 Å². The van der Waals surface area contributed by atoms with Crippen molar-refractivity contribution < 1.29 is 10.2 Å². The number of aliphatic imine (C=N–C) groups is 1. The average Bonchev–Trinajstić information content (AvgIpc) is 2.57. The lowest BCUT2D eigenvalue weighted by Crippen LogP contribution is -2.27. The number of unbranched alkanes of at least 4 members (excludes halogenated alkanes) is 2. The van der Waals surface area contributed by atoms with Crippen LogP contribution in [0, 0.1) is 5.92 Å². The summed E-state index contributed by atoms with van der Waals surface area (Å²) in [5, 5.41) is 20.5. The van der Waals surface area contributed by atoms with E-state index in [4.69, 9.17) is 0 Å². The molecular formula is C23H37NO2S. The summed E-state index contributed by atoms with van der Waals surface area (Å²) in [7, 11) is 0. The molecule has 1 aliphatic rings. The van der Waals surface area contributed by atoms with Gasteiger partial charge in [-0.2, -0.15) is 0 Å². The highest BCUT2D eigenvalue weighted by molar-refractivity contribution is 8.00. The molecule has 2 N–H and O–H groups in total. The second kappa shape index (κ2) is 9.47. The number of hydrogen-bond acceptors (Lipinski definition) is 4. The average molecular weight is 392 g/mol. The second-order valence-electron chi connectivity index (χ2n) is 8.85. The van der Waals surface area contributed by atoms with Gasteiger partial charge in [-0.05, 0) is 50.3 Å². The second-order valence-corrected chi connectivity index (χ2v) is 10.6. The summed E-state index contributed by atoms with van der Waals surface area (Å²) in [6.07, 6.45) is 5.38. The maximum Gasteiger partial charge on any atom is 0.126 e. The first kappa shape index (κ1) is 22.3. The van der Waals surface area contributed by atoms with Gasteiger partial charge in [-0.3, -0.25) is 4.99 Å². The third-order valence-corrected chi connectivity index (χ3v) is 6.80. The molecule has 0 aromatic heterocycles. The molecule has 0 saturated heterocycles. The van der Waals surface area contributed by atoms with Crippen LogP contribution in [0.1, 0.15) is 90.7 Å². The number of rotatable bonds is 8. The molecule has 1 aromatic rings. The van der Waals surface area contributed by atoms with Crippen LogP contribution < -0.4 is 0 Å². The molecule has 0 bridgehead atoms. The van der Waals surface area contributed by atoms with Gasteiger partial charge < -0.3 is 10.2 Å². The Labute approximate surface area is 169 Å². The highest BCUT2D eigenvalue weighted by Gasteiger charge is 2.33. The molecule has 0 saturated carbocycles. The number of benzene rings is 1. The van der Waals surface area contributed by atoms with E-state index in [9.17, 15) is 10.2 Å². The lowest BCUT2D eigenvalue weighted by molar-refractivity contribution is 0.204. The van der Waals surface area contributed by atoms with Gasteiger partial charge in [0.2, 0.25) is 0 Å². The lowest BCUT2D eigenvalue weighted by Gasteiger charge is -2.33. The normalized spacial score (nSPS) is 20.9. The predicted molar refractivity (Wildman–Crippen MR) is 117 cm³/mol. The molecule has 27 heavy (non-hydrogen) atoms. The highest BCUT2D eigenvalue weighted by atomic mass is 32.2. The molecule has 3 atom stereocenters. The predicted octanol–water partition coefficient (Wildman–Crippen LogP) is 6.16. The Balaban J connectivity index is 2.33. The largest absolute Gasteiger partial charge is 0.507 e. The van der Waals surface area contributed by atoms with Crippen LogP contribution in [0.4, 0.5) is 0 Å². The van der Waals surface area contributed by atoms with Crippen molar-refractivity contribution in [1.82, 2.24) is 0 Å². The molecule has 3 unspecified atom stereocenters. The molecule has 1 heterocycles. The van der Waals surface area contributed by atoms with Crippen molar-refractivity contribution in [2.45, 2.75) is 95.3 Å². The van der Waals surface area contributed by atoms with E-state index in [0.29, 0.717) is 24.1 Å². The van der Waals surface area contributed by atoms with Crippen LogP contribution in [-0.4, -0.2) is 33.3 Å². The summed E-state index contributed by atoms with van der Waals surface area (Å²) in [5.41, 5.74) is 3.01. The Bertz CT molecular complexity index is 667. The molecule has 2 rings (SSSR count). The number of hydrogen-bond donors (Lipinski definition) is 2. The van der Waals surface area contributed by atoms with E-state index in [2.05, 4.69) is 45.7 Å². The number of phenolic OH excluding ortho intramolecular Hbond substituents is 1. The van der Waals surface area contributed by atoms with Crippen LogP contribution >= 0.6 is 11.8 Å². The van der Waals surface area contributed by atoms with Gasteiger partial charge in [0.25, 0.3) is 0 Å². The molecule has 0 fully saturated rings. The number of aromatic hydroxyl groups is 1. The van der Waals surface area contributed by atoms with E-state index >= 15 is 0 Å². The van der Waals surface area contributed by atoms with E-state index < -0.39 is 6.10 Å². The van der Waals surface area contributed by atoms with E-state index in [-0.39, 0.29) is 4.75 Å². The van der Waals surface area contributed by atoms with Crippen LogP contribution in [0.5, 0.6) is 5.75 Å². The van der Waals surface area contributed by atoms with Gasteiger partial charge in [-0.25, -0.2) is 0 Å². The Morgan fingerprint density at radius 3 is 2.52 bits per heavy atom. The Kier molecular flexibility index (Phi) is 7.82. The fourth-order valence-electron chi connectivity index (χ4n) is 3.75. The lowest BCUT2D eigenvalue weighted by atomic mass is 9.84. The Hall–Kier alpha value is -1.00. The van der Waals surface area contributed by atoms with E-state index in [0.717, 1.165) is 22.6 Å².